The van der Waals surface area contributed by atoms with Crippen LogP contribution in [0, 0.1) is 13.8 Å². The smallest absolute Gasteiger partial charge is 0.335 e. The van der Waals surface area contributed by atoms with E-state index in [4.69, 9.17) is 4.74 Å². The lowest BCUT2D eigenvalue weighted by molar-refractivity contribution is -0.129. The van der Waals surface area contributed by atoms with Crippen LogP contribution in [0.5, 0.6) is 5.75 Å². The number of aryl methyl sites for hydroxylation is 2. The van der Waals surface area contributed by atoms with Crippen LogP contribution in [-0.4, -0.2) is 18.4 Å². The summed E-state index contributed by atoms with van der Waals surface area (Å²) in [5, 5.41) is 8.05. The molecule has 2 rings (SSSR count). The van der Waals surface area contributed by atoms with Gasteiger partial charge in [0, 0.05) is 6.08 Å². The summed E-state index contributed by atoms with van der Waals surface area (Å²) < 4.78 is 5.11. The summed E-state index contributed by atoms with van der Waals surface area (Å²) in [5.74, 6) is 0.0346. The zero-order valence-electron chi connectivity index (χ0n) is 13.2. The maximum Gasteiger partial charge on any atom is 0.335 e. The van der Waals surface area contributed by atoms with Gasteiger partial charge in [0.2, 0.25) is 0 Å². The predicted molar refractivity (Wildman–Crippen MR) is 93.4 cm³/mol. The molecule has 0 amide bonds. The van der Waals surface area contributed by atoms with Crippen LogP contribution in [0.4, 0.5) is 0 Å². The second-order valence-corrected chi connectivity index (χ2v) is 5.05. The fourth-order valence-electron chi connectivity index (χ4n) is 1.87. The van der Waals surface area contributed by atoms with Gasteiger partial charge in [-0.2, -0.15) is 10.2 Å². The minimum absolute atomic E-state index is 0.475. The van der Waals surface area contributed by atoms with Gasteiger partial charge in [-0.3, -0.25) is 0 Å². The highest BCUT2D eigenvalue weighted by Crippen LogP contribution is 2.18. The Morgan fingerprint density at radius 3 is 2.22 bits per heavy atom. The molecule has 0 saturated heterocycles. The Morgan fingerprint density at radius 1 is 1.00 bits per heavy atom. The predicted octanol–water partition coefficient (Wildman–Crippen LogP) is 3.85. The van der Waals surface area contributed by atoms with Gasteiger partial charge in [-0.25, -0.2) is 4.79 Å². The first-order valence-corrected chi connectivity index (χ1v) is 7.16. The van der Waals surface area contributed by atoms with Crippen molar-refractivity contribution in [2.45, 2.75) is 13.8 Å². The maximum absolute atomic E-state index is 11.2. The second kappa shape index (κ2) is 7.84. The summed E-state index contributed by atoms with van der Waals surface area (Å²) >= 11 is 0. The first-order valence-electron chi connectivity index (χ1n) is 7.16. The van der Waals surface area contributed by atoms with E-state index in [-0.39, 0.29) is 0 Å². The zero-order valence-corrected chi connectivity index (χ0v) is 13.2. The fourth-order valence-corrected chi connectivity index (χ4v) is 1.87. The molecule has 23 heavy (non-hydrogen) atoms. The van der Waals surface area contributed by atoms with Crippen molar-refractivity contribution in [1.82, 2.24) is 0 Å². The molecule has 0 N–H and O–H groups in total. The van der Waals surface area contributed by atoms with Gasteiger partial charge in [-0.1, -0.05) is 36.4 Å². The molecule has 0 saturated carbocycles. The van der Waals surface area contributed by atoms with Crippen LogP contribution in [0.15, 0.2) is 65.3 Å². The summed E-state index contributed by atoms with van der Waals surface area (Å²) in [4.78, 5) is 11.2. The number of carbonyl (C=O) groups excluding carboxylic acids is 1. The average molecular weight is 306 g/mol. The zero-order chi connectivity index (χ0) is 16.7. The van der Waals surface area contributed by atoms with Crippen LogP contribution >= 0.6 is 0 Å². The Morgan fingerprint density at radius 2 is 1.61 bits per heavy atom. The Labute approximate surface area is 135 Å². The quantitative estimate of drug-likeness (QED) is 0.277. The third-order valence-electron chi connectivity index (χ3n) is 3.13. The number of esters is 1. The van der Waals surface area contributed by atoms with Gasteiger partial charge in [0.15, 0.2) is 0 Å². The van der Waals surface area contributed by atoms with Crippen LogP contribution < -0.4 is 4.74 Å². The Bertz CT molecular complexity index is 759. The first-order chi connectivity index (χ1) is 11.1. The van der Waals surface area contributed by atoms with E-state index in [1.165, 1.54) is 5.56 Å². The van der Waals surface area contributed by atoms with Crippen LogP contribution in [0.1, 0.15) is 22.3 Å². The van der Waals surface area contributed by atoms with Gasteiger partial charge in [-0.05, 0) is 48.7 Å². The lowest BCUT2D eigenvalue weighted by Gasteiger charge is -2.05. The number of carbonyl (C=O) groups is 1. The molecule has 4 heteroatoms. The minimum Gasteiger partial charge on any atom is -0.423 e. The van der Waals surface area contributed by atoms with E-state index >= 15 is 0 Å². The first kappa shape index (κ1) is 16.4. The Kier molecular flexibility index (Phi) is 5.58. The van der Waals surface area contributed by atoms with E-state index < -0.39 is 5.97 Å². The SMILES string of the molecule is C=CC(=O)Oc1ccc(/C=N/N=C/c2ccc(C)cc2)cc1C. The number of nitrogens with zero attached hydrogens (tertiary/aromatic N) is 2. The summed E-state index contributed by atoms with van der Waals surface area (Å²) in [6.07, 6.45) is 4.48. The molecular weight excluding hydrogens is 288 g/mol. The monoisotopic (exact) mass is 306 g/mol. The van der Waals surface area contributed by atoms with E-state index in [9.17, 15) is 4.79 Å². The standard InChI is InChI=1S/C19H18N2O2/c1-4-19(22)23-18-10-9-17(11-15(18)3)13-21-20-12-16-7-5-14(2)6-8-16/h4-13H,1H2,2-3H3/b20-12+,21-13+. The average Bonchev–Trinajstić information content (AvgIpc) is 2.55. The van der Waals surface area contributed by atoms with Crippen LogP contribution in [0.2, 0.25) is 0 Å². The van der Waals surface area contributed by atoms with Crippen molar-refractivity contribution in [2.24, 2.45) is 10.2 Å². The van der Waals surface area contributed by atoms with E-state index in [2.05, 4.69) is 16.8 Å². The second-order valence-electron chi connectivity index (χ2n) is 5.05. The normalized spacial score (nSPS) is 11.0. The van der Waals surface area contributed by atoms with Crippen LogP contribution in [0.3, 0.4) is 0 Å². The number of benzene rings is 2. The molecular formula is C19H18N2O2. The highest BCUT2D eigenvalue weighted by atomic mass is 16.5. The molecule has 0 unspecified atom stereocenters. The van der Waals surface area contributed by atoms with Gasteiger partial charge < -0.3 is 4.74 Å². The molecule has 0 bridgehead atoms. The number of hydrogen-bond acceptors (Lipinski definition) is 4. The third-order valence-corrected chi connectivity index (χ3v) is 3.13. The van der Waals surface area contributed by atoms with Crippen molar-refractivity contribution in [2.75, 3.05) is 0 Å². The molecule has 0 aliphatic carbocycles. The van der Waals surface area contributed by atoms with E-state index in [0.717, 1.165) is 22.8 Å². The number of ether oxygens (including phenoxy) is 1. The lowest BCUT2D eigenvalue weighted by Crippen LogP contribution is -2.04. The number of hydrogen-bond donors (Lipinski definition) is 0. The van der Waals surface area contributed by atoms with E-state index in [1.54, 1.807) is 18.5 Å². The summed E-state index contributed by atoms with van der Waals surface area (Å²) in [6, 6.07) is 13.4. The molecule has 2 aromatic rings. The highest BCUT2D eigenvalue weighted by molar-refractivity contribution is 5.85. The van der Waals surface area contributed by atoms with Crippen molar-refractivity contribution in [1.29, 1.82) is 0 Å². The number of rotatable bonds is 5. The Balaban J connectivity index is 2.02. The molecule has 0 spiro atoms. The van der Waals surface area contributed by atoms with E-state index in [1.807, 2.05) is 50.2 Å². The largest absolute Gasteiger partial charge is 0.423 e. The summed E-state index contributed by atoms with van der Waals surface area (Å²) in [7, 11) is 0. The van der Waals surface area contributed by atoms with Gasteiger partial charge in [0.05, 0.1) is 12.4 Å². The molecule has 0 aliphatic heterocycles. The highest BCUT2D eigenvalue weighted by Gasteiger charge is 2.03. The Hall–Kier alpha value is -3.01. The van der Waals surface area contributed by atoms with Crippen molar-refractivity contribution in [3.8, 4) is 5.75 Å². The van der Waals surface area contributed by atoms with Crippen molar-refractivity contribution >= 4 is 18.4 Å². The van der Waals surface area contributed by atoms with Gasteiger partial charge in [0.25, 0.3) is 0 Å². The molecule has 0 atom stereocenters. The fraction of sp³-hybridized carbons (Fsp3) is 0.105. The van der Waals surface area contributed by atoms with Crippen LogP contribution in [-0.2, 0) is 4.79 Å². The molecule has 2 aromatic carbocycles. The van der Waals surface area contributed by atoms with Gasteiger partial charge in [-0.15, -0.1) is 0 Å². The molecule has 116 valence electrons. The topological polar surface area (TPSA) is 51.0 Å². The minimum atomic E-state index is -0.475. The summed E-state index contributed by atoms with van der Waals surface area (Å²) in [6.45, 7) is 7.27. The molecule has 0 aliphatic rings. The van der Waals surface area contributed by atoms with Gasteiger partial charge >= 0.3 is 5.97 Å². The lowest BCUT2D eigenvalue weighted by atomic mass is 10.1. The summed E-state index contributed by atoms with van der Waals surface area (Å²) in [5.41, 5.74) is 3.92. The molecule has 0 heterocycles. The molecule has 4 nitrogen and oxygen atoms in total. The molecule has 0 radical (unpaired) electrons. The molecule has 0 aromatic heterocycles. The van der Waals surface area contributed by atoms with Crippen LogP contribution in [0.25, 0.3) is 0 Å². The molecule has 0 fully saturated rings. The van der Waals surface area contributed by atoms with Crippen molar-refractivity contribution in [3.63, 3.8) is 0 Å². The maximum atomic E-state index is 11.2. The van der Waals surface area contributed by atoms with Gasteiger partial charge in [0.1, 0.15) is 5.75 Å². The van der Waals surface area contributed by atoms with Crippen molar-refractivity contribution < 1.29 is 9.53 Å². The third kappa shape index (κ3) is 5.04. The van der Waals surface area contributed by atoms with Crippen molar-refractivity contribution in [3.05, 3.63) is 77.4 Å². The van der Waals surface area contributed by atoms with E-state index in [0.29, 0.717) is 5.75 Å².